The topological polar surface area (TPSA) is 21.3 Å². The van der Waals surface area contributed by atoms with Crippen molar-refractivity contribution in [2.75, 3.05) is 11.9 Å². The molecule has 2 aliphatic rings. The molecule has 1 fully saturated rings. The third-order valence-electron chi connectivity index (χ3n) is 5.47. The third-order valence-corrected chi connectivity index (χ3v) is 5.47. The van der Waals surface area contributed by atoms with Crippen molar-refractivity contribution in [2.24, 2.45) is 5.92 Å². The van der Waals surface area contributed by atoms with E-state index in [1.165, 1.54) is 23.8 Å². The standard InChI is InChI=1S/C21H23F2NO/c1-12(2)13-8-9-18-15(11-13)21-14(5-4-10-25-21)20(24-18)19-16(22)6-3-7-17(19)23/h3,6-9,11-12,14,20-21,24H,4-5,10H2,1-2H3/t14-,20+,21-/m0/s1. The van der Waals surface area contributed by atoms with Gasteiger partial charge in [-0.05, 0) is 42.5 Å². The Bertz CT molecular complexity index is 769. The number of nitrogens with one attached hydrogen (secondary N) is 1. The van der Waals surface area contributed by atoms with E-state index < -0.39 is 17.7 Å². The van der Waals surface area contributed by atoms with Crippen LogP contribution in [0, 0.1) is 17.6 Å². The normalized spacial score (nSPS) is 25.2. The van der Waals surface area contributed by atoms with E-state index in [0.717, 1.165) is 24.1 Å². The minimum Gasteiger partial charge on any atom is -0.377 e. The highest BCUT2D eigenvalue weighted by molar-refractivity contribution is 5.58. The van der Waals surface area contributed by atoms with Crippen LogP contribution in [-0.2, 0) is 4.74 Å². The summed E-state index contributed by atoms with van der Waals surface area (Å²) < 4.78 is 34.9. The summed E-state index contributed by atoms with van der Waals surface area (Å²) in [7, 11) is 0. The highest BCUT2D eigenvalue weighted by Crippen LogP contribution is 2.50. The van der Waals surface area contributed by atoms with Gasteiger partial charge in [0.2, 0.25) is 0 Å². The smallest absolute Gasteiger partial charge is 0.131 e. The van der Waals surface area contributed by atoms with Gasteiger partial charge in [0.1, 0.15) is 11.6 Å². The van der Waals surface area contributed by atoms with Crippen molar-refractivity contribution in [3.63, 3.8) is 0 Å². The molecule has 132 valence electrons. The molecule has 4 heteroatoms. The van der Waals surface area contributed by atoms with Gasteiger partial charge in [-0.3, -0.25) is 0 Å². The molecule has 1 saturated heterocycles. The second-order valence-electron chi connectivity index (χ2n) is 7.36. The van der Waals surface area contributed by atoms with Crippen LogP contribution in [0.1, 0.15) is 61.4 Å². The number of hydrogen-bond acceptors (Lipinski definition) is 2. The molecule has 3 atom stereocenters. The molecule has 0 unspecified atom stereocenters. The molecule has 1 N–H and O–H groups in total. The molecule has 2 aliphatic heterocycles. The van der Waals surface area contributed by atoms with E-state index >= 15 is 0 Å². The lowest BCUT2D eigenvalue weighted by molar-refractivity contribution is -0.0388. The fraction of sp³-hybridized carbons (Fsp3) is 0.429. The average molecular weight is 343 g/mol. The Labute approximate surface area is 147 Å². The van der Waals surface area contributed by atoms with Crippen LogP contribution in [0.4, 0.5) is 14.5 Å². The summed E-state index contributed by atoms with van der Waals surface area (Å²) in [5.74, 6) is -0.544. The van der Waals surface area contributed by atoms with Crippen molar-refractivity contribution in [3.05, 3.63) is 64.7 Å². The van der Waals surface area contributed by atoms with Gasteiger partial charge in [-0.2, -0.15) is 0 Å². The van der Waals surface area contributed by atoms with Crippen LogP contribution in [0.25, 0.3) is 0 Å². The largest absolute Gasteiger partial charge is 0.377 e. The van der Waals surface area contributed by atoms with Crippen LogP contribution in [0.2, 0.25) is 0 Å². The molecule has 0 bridgehead atoms. The van der Waals surface area contributed by atoms with Crippen molar-refractivity contribution in [3.8, 4) is 0 Å². The number of ether oxygens (including phenoxy) is 1. The average Bonchev–Trinajstić information content (AvgIpc) is 2.61. The Hall–Kier alpha value is -1.94. The summed E-state index contributed by atoms with van der Waals surface area (Å²) in [4.78, 5) is 0. The number of anilines is 1. The van der Waals surface area contributed by atoms with Crippen LogP contribution in [0.15, 0.2) is 36.4 Å². The quantitative estimate of drug-likeness (QED) is 0.753. The monoisotopic (exact) mass is 343 g/mol. The van der Waals surface area contributed by atoms with E-state index in [9.17, 15) is 8.78 Å². The Kier molecular flexibility index (Phi) is 4.24. The molecule has 2 aromatic rings. The zero-order valence-electron chi connectivity index (χ0n) is 14.6. The van der Waals surface area contributed by atoms with Gasteiger partial charge < -0.3 is 10.1 Å². The van der Waals surface area contributed by atoms with Crippen LogP contribution < -0.4 is 5.32 Å². The van der Waals surface area contributed by atoms with Gasteiger partial charge in [-0.1, -0.05) is 32.0 Å². The first kappa shape index (κ1) is 16.5. The first-order chi connectivity index (χ1) is 12.1. The Morgan fingerprint density at radius 3 is 2.60 bits per heavy atom. The van der Waals surface area contributed by atoms with E-state index in [-0.39, 0.29) is 17.6 Å². The van der Waals surface area contributed by atoms with Crippen molar-refractivity contribution in [1.82, 2.24) is 0 Å². The van der Waals surface area contributed by atoms with E-state index in [4.69, 9.17) is 4.74 Å². The van der Waals surface area contributed by atoms with Gasteiger partial charge in [-0.25, -0.2) is 8.78 Å². The van der Waals surface area contributed by atoms with Crippen LogP contribution >= 0.6 is 0 Å². The van der Waals surface area contributed by atoms with Crippen LogP contribution in [0.3, 0.4) is 0 Å². The molecule has 0 aliphatic carbocycles. The molecule has 25 heavy (non-hydrogen) atoms. The second-order valence-corrected chi connectivity index (χ2v) is 7.36. The molecule has 2 nitrogen and oxygen atoms in total. The molecule has 4 rings (SSSR count). The minimum absolute atomic E-state index is 0.0232. The van der Waals surface area contributed by atoms with Gasteiger partial charge in [-0.15, -0.1) is 0 Å². The van der Waals surface area contributed by atoms with Crippen LogP contribution in [-0.4, -0.2) is 6.61 Å². The second kappa shape index (κ2) is 6.41. The molecule has 0 radical (unpaired) electrons. The maximum Gasteiger partial charge on any atom is 0.131 e. The van der Waals surface area contributed by atoms with E-state index in [1.54, 1.807) is 0 Å². The predicted octanol–water partition coefficient (Wildman–Crippen LogP) is 5.72. The summed E-state index contributed by atoms with van der Waals surface area (Å²) in [5.41, 5.74) is 3.41. The molecular formula is C21H23F2NO. The van der Waals surface area contributed by atoms with Crippen molar-refractivity contribution in [2.45, 2.75) is 44.8 Å². The zero-order chi connectivity index (χ0) is 17.6. The number of benzene rings is 2. The zero-order valence-corrected chi connectivity index (χ0v) is 14.6. The summed E-state index contributed by atoms with van der Waals surface area (Å²) in [6, 6.07) is 9.94. The van der Waals surface area contributed by atoms with Crippen molar-refractivity contribution in [1.29, 1.82) is 0 Å². The lowest BCUT2D eigenvalue weighted by Gasteiger charge is -2.43. The number of rotatable bonds is 2. The summed E-state index contributed by atoms with van der Waals surface area (Å²) >= 11 is 0. The maximum atomic E-state index is 14.4. The Morgan fingerprint density at radius 2 is 1.88 bits per heavy atom. The van der Waals surface area contributed by atoms with E-state index in [2.05, 4.69) is 31.3 Å². The van der Waals surface area contributed by atoms with Gasteiger partial charge in [0, 0.05) is 29.3 Å². The summed E-state index contributed by atoms with van der Waals surface area (Å²) in [6.07, 6.45) is 1.68. The highest BCUT2D eigenvalue weighted by Gasteiger charge is 2.41. The molecule has 0 aromatic heterocycles. The SMILES string of the molecule is CC(C)c1ccc2c(c1)[C@H]1OCCC[C@H]1[C@H](c1c(F)cccc1F)N2. The fourth-order valence-electron chi connectivity index (χ4n) is 4.14. The number of fused-ring (bicyclic) bond motifs is 3. The molecule has 0 spiro atoms. The molecule has 0 saturated carbocycles. The van der Waals surface area contributed by atoms with E-state index in [1.807, 2.05) is 6.07 Å². The molecule has 2 aromatic carbocycles. The van der Waals surface area contributed by atoms with Gasteiger partial charge >= 0.3 is 0 Å². The Balaban J connectivity index is 1.81. The maximum absolute atomic E-state index is 14.4. The van der Waals surface area contributed by atoms with Crippen molar-refractivity contribution >= 4 is 5.69 Å². The summed E-state index contributed by atoms with van der Waals surface area (Å²) in [6.45, 7) is 5.02. The third kappa shape index (κ3) is 2.82. The minimum atomic E-state index is -0.496. The lowest BCUT2D eigenvalue weighted by atomic mass is 9.76. The molecule has 2 heterocycles. The first-order valence-electron chi connectivity index (χ1n) is 9.02. The van der Waals surface area contributed by atoms with Gasteiger partial charge in [0.05, 0.1) is 12.1 Å². The Morgan fingerprint density at radius 1 is 1.12 bits per heavy atom. The van der Waals surface area contributed by atoms with Gasteiger partial charge in [0.25, 0.3) is 0 Å². The van der Waals surface area contributed by atoms with Crippen molar-refractivity contribution < 1.29 is 13.5 Å². The van der Waals surface area contributed by atoms with Crippen LogP contribution in [0.5, 0.6) is 0 Å². The van der Waals surface area contributed by atoms with Gasteiger partial charge in [0.15, 0.2) is 0 Å². The fourth-order valence-corrected chi connectivity index (χ4v) is 4.14. The highest BCUT2D eigenvalue weighted by atomic mass is 19.1. The van der Waals surface area contributed by atoms with E-state index in [0.29, 0.717) is 12.5 Å². The number of hydrogen-bond donors (Lipinski definition) is 1. The first-order valence-corrected chi connectivity index (χ1v) is 9.02. The predicted molar refractivity (Wildman–Crippen MR) is 94.7 cm³/mol. The lowest BCUT2D eigenvalue weighted by Crippen LogP contribution is -2.37. The number of halogens is 2. The molecule has 0 amide bonds. The summed E-state index contributed by atoms with van der Waals surface area (Å²) in [5, 5.41) is 3.40. The molecular weight excluding hydrogens is 320 g/mol.